The fraction of sp³-hybridized carbons (Fsp3) is 0.294. The van der Waals surface area contributed by atoms with Crippen molar-refractivity contribution < 1.29 is 0 Å². The number of hydrogen-bond acceptors (Lipinski definition) is 3. The number of benzene rings is 1. The highest BCUT2D eigenvalue weighted by Gasteiger charge is 2.12. The number of nitrogens with two attached hydrogens (primary N) is 1. The van der Waals surface area contributed by atoms with E-state index in [-0.39, 0.29) is 5.56 Å². The molecule has 0 radical (unpaired) electrons. The summed E-state index contributed by atoms with van der Waals surface area (Å²) >= 11 is 0. The molecule has 2 N–H and O–H groups in total. The Labute approximate surface area is 129 Å². The molecule has 3 aromatic rings. The van der Waals surface area contributed by atoms with Crippen molar-refractivity contribution in [3.05, 3.63) is 58.0 Å². The lowest BCUT2D eigenvalue weighted by Gasteiger charge is -2.12. The molecule has 0 bridgehead atoms. The molecule has 0 saturated heterocycles. The van der Waals surface area contributed by atoms with Gasteiger partial charge in [0, 0.05) is 36.4 Å². The van der Waals surface area contributed by atoms with Gasteiger partial charge < -0.3 is 10.3 Å². The van der Waals surface area contributed by atoms with Gasteiger partial charge in [0.2, 0.25) is 0 Å². The van der Waals surface area contributed by atoms with Crippen molar-refractivity contribution in [2.24, 2.45) is 5.73 Å². The Kier molecular flexibility index (Phi) is 3.81. The number of rotatable bonds is 4. The van der Waals surface area contributed by atoms with Gasteiger partial charge in [-0.15, -0.1) is 0 Å². The number of aryl methyl sites for hydroxylation is 2. The van der Waals surface area contributed by atoms with Crippen molar-refractivity contribution >= 4 is 5.65 Å². The normalized spacial score (nSPS) is 11.2. The first-order valence-electron chi connectivity index (χ1n) is 7.53. The molecule has 2 heterocycles. The SMILES string of the molecule is CCn1c(CCN)cc(=O)n2nc(-c3ccc(C)cc3)cc12. The second kappa shape index (κ2) is 5.77. The number of hydrogen-bond donors (Lipinski definition) is 1. The average Bonchev–Trinajstić information content (AvgIpc) is 2.94. The van der Waals surface area contributed by atoms with Crippen molar-refractivity contribution in [3.63, 3.8) is 0 Å². The minimum atomic E-state index is -0.110. The van der Waals surface area contributed by atoms with E-state index in [0.29, 0.717) is 13.0 Å². The third-order valence-corrected chi connectivity index (χ3v) is 3.88. The van der Waals surface area contributed by atoms with Crippen LogP contribution in [0.15, 0.2) is 41.2 Å². The van der Waals surface area contributed by atoms with Gasteiger partial charge in [0.15, 0.2) is 0 Å². The molecule has 0 unspecified atom stereocenters. The molecule has 5 heteroatoms. The molecule has 0 spiro atoms. The van der Waals surface area contributed by atoms with Crippen LogP contribution in [0.25, 0.3) is 16.9 Å². The highest BCUT2D eigenvalue weighted by atomic mass is 16.1. The second-order valence-electron chi connectivity index (χ2n) is 5.42. The molecule has 0 aliphatic heterocycles. The zero-order valence-electron chi connectivity index (χ0n) is 12.9. The van der Waals surface area contributed by atoms with E-state index < -0.39 is 0 Å². The molecule has 0 saturated carbocycles. The van der Waals surface area contributed by atoms with Crippen molar-refractivity contribution in [2.75, 3.05) is 6.54 Å². The van der Waals surface area contributed by atoms with Crippen LogP contribution < -0.4 is 11.3 Å². The van der Waals surface area contributed by atoms with Gasteiger partial charge in [-0.25, -0.2) is 0 Å². The predicted octanol–water partition coefficient (Wildman–Crippen LogP) is 1.99. The van der Waals surface area contributed by atoms with Crippen molar-refractivity contribution in [1.82, 2.24) is 14.2 Å². The molecule has 0 amide bonds. The van der Waals surface area contributed by atoms with E-state index >= 15 is 0 Å². The van der Waals surface area contributed by atoms with Crippen LogP contribution in [0.3, 0.4) is 0 Å². The number of fused-ring (bicyclic) bond motifs is 1. The lowest BCUT2D eigenvalue weighted by Crippen LogP contribution is -2.22. The predicted molar refractivity (Wildman–Crippen MR) is 88.1 cm³/mol. The molecular weight excluding hydrogens is 276 g/mol. The summed E-state index contributed by atoms with van der Waals surface area (Å²) in [5.41, 5.74) is 10.3. The Morgan fingerprint density at radius 1 is 1.18 bits per heavy atom. The molecule has 0 aliphatic carbocycles. The van der Waals surface area contributed by atoms with E-state index in [1.54, 1.807) is 6.07 Å². The Bertz CT molecular complexity index is 859. The van der Waals surface area contributed by atoms with Gasteiger partial charge in [-0.2, -0.15) is 9.61 Å². The minimum absolute atomic E-state index is 0.110. The fourth-order valence-corrected chi connectivity index (χ4v) is 2.74. The van der Waals surface area contributed by atoms with Crippen LogP contribution in [0.4, 0.5) is 0 Å². The van der Waals surface area contributed by atoms with Gasteiger partial charge in [0.25, 0.3) is 5.56 Å². The Morgan fingerprint density at radius 2 is 1.91 bits per heavy atom. The van der Waals surface area contributed by atoms with Crippen LogP contribution in [0.1, 0.15) is 18.2 Å². The summed E-state index contributed by atoms with van der Waals surface area (Å²) in [6, 6.07) is 11.7. The summed E-state index contributed by atoms with van der Waals surface area (Å²) in [5.74, 6) is 0. The molecule has 22 heavy (non-hydrogen) atoms. The maximum absolute atomic E-state index is 12.3. The van der Waals surface area contributed by atoms with E-state index in [9.17, 15) is 4.79 Å². The van der Waals surface area contributed by atoms with E-state index in [2.05, 4.69) is 16.6 Å². The summed E-state index contributed by atoms with van der Waals surface area (Å²) in [5, 5.41) is 4.47. The average molecular weight is 296 g/mol. The maximum Gasteiger partial charge on any atom is 0.274 e. The Hall–Kier alpha value is -2.40. The van der Waals surface area contributed by atoms with Gasteiger partial charge in [-0.1, -0.05) is 29.8 Å². The van der Waals surface area contributed by atoms with E-state index in [1.807, 2.05) is 37.3 Å². The summed E-state index contributed by atoms with van der Waals surface area (Å²) in [4.78, 5) is 12.3. The molecule has 5 nitrogen and oxygen atoms in total. The van der Waals surface area contributed by atoms with E-state index in [4.69, 9.17) is 5.73 Å². The first-order valence-corrected chi connectivity index (χ1v) is 7.53. The van der Waals surface area contributed by atoms with Crippen molar-refractivity contribution in [3.8, 4) is 11.3 Å². The molecule has 114 valence electrons. The smallest absolute Gasteiger partial charge is 0.274 e. The topological polar surface area (TPSA) is 65.3 Å². The summed E-state index contributed by atoms with van der Waals surface area (Å²) in [6.07, 6.45) is 0.685. The van der Waals surface area contributed by atoms with Gasteiger partial charge in [0.1, 0.15) is 5.65 Å². The van der Waals surface area contributed by atoms with Crippen LogP contribution in [0, 0.1) is 6.92 Å². The first kappa shape index (κ1) is 14.5. The molecule has 1 aromatic carbocycles. The van der Waals surface area contributed by atoms with E-state index in [1.165, 1.54) is 10.1 Å². The second-order valence-corrected chi connectivity index (χ2v) is 5.42. The lowest BCUT2D eigenvalue weighted by molar-refractivity contribution is 0.685. The summed E-state index contributed by atoms with van der Waals surface area (Å²) < 4.78 is 3.57. The molecule has 0 aliphatic rings. The maximum atomic E-state index is 12.3. The zero-order chi connectivity index (χ0) is 15.7. The lowest BCUT2D eigenvalue weighted by atomic mass is 10.1. The molecule has 0 fully saturated rings. The fourth-order valence-electron chi connectivity index (χ4n) is 2.74. The van der Waals surface area contributed by atoms with Gasteiger partial charge in [0.05, 0.1) is 5.69 Å². The monoisotopic (exact) mass is 296 g/mol. The highest BCUT2D eigenvalue weighted by molar-refractivity contribution is 5.64. The molecule has 0 atom stereocenters. The largest absolute Gasteiger partial charge is 0.330 e. The summed E-state index contributed by atoms with van der Waals surface area (Å²) in [7, 11) is 0. The molecule has 2 aromatic heterocycles. The number of nitrogens with zero attached hydrogens (tertiary/aromatic N) is 3. The van der Waals surface area contributed by atoms with Crippen LogP contribution in [-0.2, 0) is 13.0 Å². The quantitative estimate of drug-likeness (QED) is 0.800. The first-order chi connectivity index (χ1) is 10.6. The van der Waals surface area contributed by atoms with E-state index in [0.717, 1.165) is 29.1 Å². The van der Waals surface area contributed by atoms with Crippen LogP contribution >= 0.6 is 0 Å². The highest BCUT2D eigenvalue weighted by Crippen LogP contribution is 2.20. The van der Waals surface area contributed by atoms with Crippen LogP contribution in [-0.4, -0.2) is 20.7 Å². The van der Waals surface area contributed by atoms with Crippen molar-refractivity contribution in [1.29, 1.82) is 0 Å². The van der Waals surface area contributed by atoms with Crippen LogP contribution in [0.2, 0.25) is 0 Å². The third kappa shape index (κ3) is 2.44. The standard InChI is InChI=1S/C17H20N4O/c1-3-20-14(8-9-18)10-17(22)21-16(20)11-15(19-21)13-6-4-12(2)5-7-13/h4-7,10-11H,3,8-9,18H2,1-2H3. The van der Waals surface area contributed by atoms with Crippen molar-refractivity contribution in [2.45, 2.75) is 26.8 Å². The third-order valence-electron chi connectivity index (χ3n) is 3.88. The summed E-state index contributed by atoms with van der Waals surface area (Å²) in [6.45, 7) is 5.41. The minimum Gasteiger partial charge on any atom is -0.330 e. The number of aromatic nitrogens is 3. The molecular formula is C17H20N4O. The van der Waals surface area contributed by atoms with Gasteiger partial charge in [-0.05, 0) is 20.4 Å². The van der Waals surface area contributed by atoms with Gasteiger partial charge >= 0.3 is 0 Å². The Morgan fingerprint density at radius 3 is 2.55 bits per heavy atom. The zero-order valence-corrected chi connectivity index (χ0v) is 12.9. The molecule has 3 rings (SSSR count). The van der Waals surface area contributed by atoms with Crippen LogP contribution in [0.5, 0.6) is 0 Å². The van der Waals surface area contributed by atoms with Gasteiger partial charge in [-0.3, -0.25) is 4.79 Å². The Balaban J connectivity index is 2.22.